The molecular formula is C12H14ClN3S3. The third-order valence-electron chi connectivity index (χ3n) is 2.28. The molecule has 1 aromatic carbocycles. The Morgan fingerprint density at radius 3 is 3.11 bits per heavy atom. The summed E-state index contributed by atoms with van der Waals surface area (Å²) in [6, 6.07) is 5.81. The van der Waals surface area contributed by atoms with E-state index in [0.717, 1.165) is 33.7 Å². The van der Waals surface area contributed by atoms with E-state index in [1.807, 2.05) is 25.1 Å². The van der Waals surface area contributed by atoms with E-state index in [4.69, 9.17) is 23.8 Å². The highest BCUT2D eigenvalue weighted by Crippen LogP contribution is 2.30. The zero-order valence-corrected chi connectivity index (χ0v) is 13.6. The van der Waals surface area contributed by atoms with Gasteiger partial charge in [-0.25, -0.2) is 4.98 Å². The molecule has 0 unspecified atom stereocenters. The lowest BCUT2D eigenvalue weighted by atomic mass is 10.3. The van der Waals surface area contributed by atoms with Crippen LogP contribution < -0.4 is 10.6 Å². The molecule has 19 heavy (non-hydrogen) atoms. The molecule has 102 valence electrons. The van der Waals surface area contributed by atoms with Gasteiger partial charge in [0.2, 0.25) is 0 Å². The number of nitrogens with zero attached hydrogens (tertiary/aromatic N) is 1. The molecule has 1 heterocycles. The molecule has 7 heteroatoms. The molecule has 0 amide bonds. The minimum absolute atomic E-state index is 0.708. The summed E-state index contributed by atoms with van der Waals surface area (Å²) in [6.45, 7) is 3.69. The number of halogens is 1. The summed E-state index contributed by atoms with van der Waals surface area (Å²) in [5.41, 5.74) is 0.969. The van der Waals surface area contributed by atoms with Crippen molar-refractivity contribution in [3.05, 3.63) is 23.2 Å². The van der Waals surface area contributed by atoms with E-state index in [2.05, 4.69) is 15.6 Å². The summed E-state index contributed by atoms with van der Waals surface area (Å²) in [5, 5.41) is 7.64. The molecule has 0 aliphatic carbocycles. The number of hydrogen-bond donors (Lipinski definition) is 2. The van der Waals surface area contributed by atoms with E-state index in [1.165, 1.54) is 4.70 Å². The number of thioether (sulfide) groups is 1. The van der Waals surface area contributed by atoms with Gasteiger partial charge < -0.3 is 10.6 Å². The van der Waals surface area contributed by atoms with Crippen LogP contribution in [0.2, 0.25) is 5.02 Å². The highest BCUT2D eigenvalue weighted by Gasteiger charge is 2.04. The van der Waals surface area contributed by atoms with Gasteiger partial charge in [-0.1, -0.05) is 23.4 Å². The van der Waals surface area contributed by atoms with Crippen LogP contribution in [0.15, 0.2) is 22.5 Å². The minimum atomic E-state index is 0.708. The van der Waals surface area contributed by atoms with Crippen LogP contribution in [0.1, 0.15) is 6.92 Å². The highest BCUT2D eigenvalue weighted by atomic mass is 35.5. The summed E-state index contributed by atoms with van der Waals surface area (Å²) in [5.74, 6) is 0.930. The van der Waals surface area contributed by atoms with Crippen molar-refractivity contribution in [2.24, 2.45) is 0 Å². The van der Waals surface area contributed by atoms with Crippen molar-refractivity contribution in [1.82, 2.24) is 15.6 Å². The Labute approximate surface area is 131 Å². The first kappa shape index (κ1) is 14.8. The van der Waals surface area contributed by atoms with Crippen molar-refractivity contribution < 1.29 is 0 Å². The first-order valence-corrected chi connectivity index (χ1v) is 8.48. The van der Waals surface area contributed by atoms with Crippen LogP contribution in [-0.2, 0) is 0 Å². The predicted molar refractivity (Wildman–Crippen MR) is 89.6 cm³/mol. The number of rotatable bonds is 5. The lowest BCUT2D eigenvalue weighted by Crippen LogP contribution is -2.36. The van der Waals surface area contributed by atoms with Crippen LogP contribution >= 0.6 is 46.9 Å². The first-order chi connectivity index (χ1) is 9.19. The van der Waals surface area contributed by atoms with Crippen LogP contribution in [-0.4, -0.2) is 28.9 Å². The second kappa shape index (κ2) is 7.28. The zero-order chi connectivity index (χ0) is 13.7. The van der Waals surface area contributed by atoms with Crippen molar-refractivity contribution in [3.8, 4) is 0 Å². The van der Waals surface area contributed by atoms with Gasteiger partial charge in [0.05, 0.1) is 10.2 Å². The average molecular weight is 332 g/mol. The third kappa shape index (κ3) is 4.49. The fraction of sp³-hybridized carbons (Fsp3) is 0.333. The number of fused-ring (bicyclic) bond motifs is 1. The Balaban J connectivity index is 1.83. The first-order valence-electron chi connectivity index (χ1n) is 5.89. The van der Waals surface area contributed by atoms with E-state index >= 15 is 0 Å². The van der Waals surface area contributed by atoms with Crippen LogP contribution in [0, 0.1) is 0 Å². The number of hydrogen-bond acceptors (Lipinski definition) is 4. The van der Waals surface area contributed by atoms with Gasteiger partial charge in [-0.15, -0.1) is 11.3 Å². The van der Waals surface area contributed by atoms with Gasteiger partial charge in [0.25, 0.3) is 0 Å². The molecule has 0 bridgehead atoms. The van der Waals surface area contributed by atoms with Gasteiger partial charge in [0.15, 0.2) is 9.45 Å². The summed E-state index contributed by atoms with van der Waals surface area (Å²) in [7, 11) is 0. The van der Waals surface area contributed by atoms with Gasteiger partial charge in [-0.3, -0.25) is 0 Å². The smallest absolute Gasteiger partial charge is 0.166 e. The average Bonchev–Trinajstić information content (AvgIpc) is 2.77. The van der Waals surface area contributed by atoms with E-state index < -0.39 is 0 Å². The van der Waals surface area contributed by atoms with Gasteiger partial charge in [0.1, 0.15) is 0 Å². The van der Waals surface area contributed by atoms with Gasteiger partial charge in [-0.05, 0) is 37.3 Å². The van der Waals surface area contributed by atoms with E-state index in [-0.39, 0.29) is 0 Å². The molecule has 0 atom stereocenters. The number of thiazole rings is 1. The minimum Gasteiger partial charge on any atom is -0.363 e. The Morgan fingerprint density at radius 1 is 1.47 bits per heavy atom. The number of aromatic nitrogens is 1. The Kier molecular flexibility index (Phi) is 5.69. The molecular weight excluding hydrogens is 318 g/mol. The van der Waals surface area contributed by atoms with E-state index in [0.29, 0.717) is 5.11 Å². The summed E-state index contributed by atoms with van der Waals surface area (Å²) in [6.07, 6.45) is 0. The molecule has 2 N–H and O–H groups in total. The molecule has 0 saturated heterocycles. The molecule has 3 nitrogen and oxygen atoms in total. The second-order valence-electron chi connectivity index (χ2n) is 3.73. The van der Waals surface area contributed by atoms with Crippen molar-refractivity contribution >= 4 is 62.2 Å². The second-order valence-corrected chi connectivity index (χ2v) is 6.94. The van der Waals surface area contributed by atoms with Gasteiger partial charge in [-0.2, -0.15) is 0 Å². The van der Waals surface area contributed by atoms with Crippen molar-refractivity contribution in [1.29, 1.82) is 0 Å². The van der Waals surface area contributed by atoms with Crippen molar-refractivity contribution in [2.75, 3.05) is 18.8 Å². The molecule has 0 aliphatic rings. The summed E-state index contributed by atoms with van der Waals surface area (Å²) >= 11 is 14.5. The molecule has 0 aliphatic heterocycles. The Bertz CT molecular complexity index is 570. The van der Waals surface area contributed by atoms with Crippen molar-refractivity contribution in [2.45, 2.75) is 11.3 Å². The predicted octanol–water partition coefficient (Wildman–Crippen LogP) is 3.53. The molecule has 0 fully saturated rings. The maximum atomic E-state index is 5.95. The van der Waals surface area contributed by atoms with Crippen LogP contribution in [0.25, 0.3) is 10.2 Å². The molecule has 2 rings (SSSR count). The quantitative estimate of drug-likeness (QED) is 0.498. The zero-order valence-electron chi connectivity index (χ0n) is 10.4. The standard InChI is InChI=1S/C12H14ClN3S3/c1-2-14-11(17)15-5-6-18-12-16-9-7-8(13)3-4-10(9)19-12/h3-4,7H,2,5-6H2,1H3,(H2,14,15,17). The summed E-state index contributed by atoms with van der Waals surface area (Å²) < 4.78 is 2.23. The Hall–Kier alpha value is -0.560. The topological polar surface area (TPSA) is 37.0 Å². The molecule has 1 aromatic heterocycles. The maximum absolute atomic E-state index is 5.95. The Morgan fingerprint density at radius 2 is 2.32 bits per heavy atom. The fourth-order valence-corrected chi connectivity index (χ4v) is 3.85. The maximum Gasteiger partial charge on any atom is 0.166 e. The van der Waals surface area contributed by atoms with Gasteiger partial charge >= 0.3 is 0 Å². The number of benzene rings is 1. The largest absolute Gasteiger partial charge is 0.363 e. The lowest BCUT2D eigenvalue weighted by molar-refractivity contribution is 0.887. The van der Waals surface area contributed by atoms with Crippen molar-refractivity contribution in [3.63, 3.8) is 0 Å². The monoisotopic (exact) mass is 331 g/mol. The molecule has 0 spiro atoms. The summed E-state index contributed by atoms with van der Waals surface area (Å²) in [4.78, 5) is 4.55. The SMILES string of the molecule is CCNC(=S)NCCSc1nc2cc(Cl)ccc2s1. The highest BCUT2D eigenvalue weighted by molar-refractivity contribution is 8.01. The number of nitrogens with one attached hydrogen (secondary N) is 2. The fourth-order valence-electron chi connectivity index (χ4n) is 1.47. The molecule has 0 saturated carbocycles. The normalized spacial score (nSPS) is 10.6. The van der Waals surface area contributed by atoms with Crippen LogP contribution in [0.4, 0.5) is 0 Å². The van der Waals surface area contributed by atoms with Gasteiger partial charge in [0, 0.05) is 23.9 Å². The molecule has 2 aromatic rings. The van der Waals surface area contributed by atoms with E-state index in [1.54, 1.807) is 23.1 Å². The molecule has 0 radical (unpaired) electrons. The van der Waals surface area contributed by atoms with E-state index in [9.17, 15) is 0 Å². The number of thiocarbonyl (C=S) groups is 1. The van der Waals surface area contributed by atoms with Crippen LogP contribution in [0.5, 0.6) is 0 Å². The van der Waals surface area contributed by atoms with Crippen LogP contribution in [0.3, 0.4) is 0 Å². The lowest BCUT2D eigenvalue weighted by Gasteiger charge is -2.07. The third-order valence-corrected chi connectivity index (χ3v) is 4.99.